The van der Waals surface area contributed by atoms with Gasteiger partial charge in [0.1, 0.15) is 6.23 Å². The maximum atomic E-state index is 5.85. The van der Waals surface area contributed by atoms with Gasteiger partial charge < -0.3 is 9.47 Å². The molecule has 1 unspecified atom stereocenters. The van der Waals surface area contributed by atoms with Crippen molar-refractivity contribution in [2.24, 2.45) is 0 Å². The Morgan fingerprint density at radius 2 is 1.47 bits per heavy atom. The van der Waals surface area contributed by atoms with Gasteiger partial charge in [-0.25, -0.2) is 0 Å². The highest BCUT2D eigenvalue weighted by molar-refractivity contribution is 4.63. The number of morpholine rings is 2. The Morgan fingerprint density at radius 1 is 0.933 bits per heavy atom. The Hall–Kier alpha value is -0.200. The Bertz CT molecular complexity index is 180. The predicted octanol–water partition coefficient (Wildman–Crippen LogP) is -0.0716. The van der Waals surface area contributed by atoms with Crippen molar-refractivity contribution in [3.63, 3.8) is 0 Å². The van der Waals surface area contributed by atoms with Crippen LogP contribution in [0.15, 0.2) is 0 Å². The maximum Gasteiger partial charge on any atom is 0.129 e. The summed E-state index contributed by atoms with van der Waals surface area (Å²) < 4.78 is 10.6. The van der Waals surface area contributed by atoms with Crippen LogP contribution < -0.4 is 0 Å². The smallest absolute Gasteiger partial charge is 0.129 e. The highest BCUT2D eigenvalue weighted by Crippen LogP contribution is 2.08. The number of ether oxygens (including phenoxy) is 2. The molecular weight excluding hydrogens is 196 g/mol. The molecule has 0 aromatic heterocycles. The molecule has 88 valence electrons. The van der Waals surface area contributed by atoms with E-state index in [0.29, 0.717) is 0 Å². The summed E-state index contributed by atoms with van der Waals surface area (Å²) in [6.07, 6.45) is 0.145. The first-order valence-electron chi connectivity index (χ1n) is 5.67. The third-order valence-electron chi connectivity index (χ3n) is 2.83. The zero-order valence-corrected chi connectivity index (χ0v) is 9.35. The summed E-state index contributed by atoms with van der Waals surface area (Å²) in [4.78, 5) is 8.16. The predicted molar refractivity (Wildman–Crippen MR) is 55.3 cm³/mol. The van der Waals surface area contributed by atoms with Crippen LogP contribution in [0.3, 0.4) is 0 Å². The molecule has 0 bridgehead atoms. The molecular formula is C10H20N2O3. The van der Waals surface area contributed by atoms with E-state index in [2.05, 4.69) is 11.8 Å². The van der Waals surface area contributed by atoms with Gasteiger partial charge in [-0.1, -0.05) is 0 Å². The van der Waals surface area contributed by atoms with Crippen molar-refractivity contribution >= 4 is 0 Å². The molecule has 1 atom stereocenters. The van der Waals surface area contributed by atoms with Crippen molar-refractivity contribution in [1.82, 2.24) is 9.96 Å². The van der Waals surface area contributed by atoms with E-state index in [1.807, 2.05) is 5.06 Å². The summed E-state index contributed by atoms with van der Waals surface area (Å²) in [5.74, 6) is 0. The molecule has 2 rings (SSSR count). The minimum absolute atomic E-state index is 0.145. The summed E-state index contributed by atoms with van der Waals surface area (Å²) in [5.41, 5.74) is 0. The highest BCUT2D eigenvalue weighted by Gasteiger charge is 2.21. The van der Waals surface area contributed by atoms with Crippen molar-refractivity contribution in [1.29, 1.82) is 0 Å². The molecule has 2 aliphatic rings. The van der Waals surface area contributed by atoms with Gasteiger partial charge in [-0.3, -0.25) is 9.74 Å². The van der Waals surface area contributed by atoms with Crippen LogP contribution in [-0.4, -0.2) is 68.8 Å². The average Bonchev–Trinajstić information content (AvgIpc) is 2.31. The van der Waals surface area contributed by atoms with Gasteiger partial charge in [-0.2, -0.15) is 5.06 Å². The lowest BCUT2D eigenvalue weighted by Crippen LogP contribution is -2.48. The van der Waals surface area contributed by atoms with Crippen molar-refractivity contribution in [2.45, 2.75) is 13.2 Å². The normalized spacial score (nSPS) is 27.8. The lowest BCUT2D eigenvalue weighted by molar-refractivity contribution is -0.259. The van der Waals surface area contributed by atoms with E-state index in [-0.39, 0.29) is 6.23 Å². The van der Waals surface area contributed by atoms with Gasteiger partial charge in [0.25, 0.3) is 0 Å². The Kier molecular flexibility index (Phi) is 4.34. The van der Waals surface area contributed by atoms with E-state index in [1.165, 1.54) is 0 Å². The van der Waals surface area contributed by atoms with E-state index < -0.39 is 0 Å². The molecule has 5 nitrogen and oxygen atoms in total. The van der Waals surface area contributed by atoms with Crippen molar-refractivity contribution in [3.8, 4) is 0 Å². The summed E-state index contributed by atoms with van der Waals surface area (Å²) >= 11 is 0. The largest absolute Gasteiger partial charge is 0.379 e. The lowest BCUT2D eigenvalue weighted by atomic mass is 10.4. The van der Waals surface area contributed by atoms with Gasteiger partial charge in [0, 0.05) is 26.2 Å². The average molecular weight is 216 g/mol. The number of rotatable bonds is 3. The van der Waals surface area contributed by atoms with E-state index in [1.54, 1.807) is 0 Å². The van der Waals surface area contributed by atoms with Gasteiger partial charge in [-0.15, -0.1) is 0 Å². The first kappa shape index (κ1) is 11.3. The van der Waals surface area contributed by atoms with Crippen LogP contribution in [0.25, 0.3) is 0 Å². The molecule has 0 aromatic rings. The highest BCUT2D eigenvalue weighted by atomic mass is 16.7. The van der Waals surface area contributed by atoms with E-state index in [4.69, 9.17) is 14.3 Å². The van der Waals surface area contributed by atoms with Gasteiger partial charge in [0.2, 0.25) is 0 Å². The van der Waals surface area contributed by atoms with Crippen LogP contribution >= 0.6 is 0 Å². The third-order valence-corrected chi connectivity index (χ3v) is 2.83. The second kappa shape index (κ2) is 5.77. The van der Waals surface area contributed by atoms with Gasteiger partial charge >= 0.3 is 0 Å². The monoisotopic (exact) mass is 216 g/mol. The molecule has 2 fully saturated rings. The molecule has 2 saturated heterocycles. The minimum atomic E-state index is 0.145. The first-order chi connectivity index (χ1) is 7.36. The maximum absolute atomic E-state index is 5.85. The van der Waals surface area contributed by atoms with E-state index in [9.17, 15) is 0 Å². The quantitative estimate of drug-likeness (QED) is 0.659. The van der Waals surface area contributed by atoms with Crippen LogP contribution in [0.5, 0.6) is 0 Å². The fraction of sp³-hybridized carbons (Fsp3) is 1.00. The molecule has 0 aromatic carbocycles. The zero-order chi connectivity index (χ0) is 10.5. The van der Waals surface area contributed by atoms with Gasteiger partial charge in [0.15, 0.2) is 0 Å². The van der Waals surface area contributed by atoms with Crippen molar-refractivity contribution in [2.75, 3.05) is 52.6 Å². The summed E-state index contributed by atoms with van der Waals surface area (Å²) in [6, 6.07) is 0. The van der Waals surface area contributed by atoms with E-state index in [0.717, 1.165) is 52.6 Å². The summed E-state index contributed by atoms with van der Waals surface area (Å²) in [7, 11) is 0. The van der Waals surface area contributed by atoms with Crippen LogP contribution in [0.4, 0.5) is 0 Å². The minimum Gasteiger partial charge on any atom is -0.379 e. The molecule has 0 N–H and O–H groups in total. The Labute approximate surface area is 90.8 Å². The molecule has 0 aliphatic carbocycles. The Morgan fingerprint density at radius 3 is 2.07 bits per heavy atom. The van der Waals surface area contributed by atoms with Crippen LogP contribution in [0, 0.1) is 0 Å². The van der Waals surface area contributed by atoms with Gasteiger partial charge in [-0.05, 0) is 6.92 Å². The topological polar surface area (TPSA) is 34.2 Å². The zero-order valence-electron chi connectivity index (χ0n) is 9.35. The fourth-order valence-electron chi connectivity index (χ4n) is 1.88. The summed E-state index contributed by atoms with van der Waals surface area (Å²) in [6.45, 7) is 8.94. The second-order valence-corrected chi connectivity index (χ2v) is 3.89. The standard InChI is InChI=1S/C10H20N2O3/c1-10(11-2-6-13-7-3-11)15-12-4-8-14-9-5-12/h10H,2-9H2,1H3. The van der Waals surface area contributed by atoms with Crippen LogP contribution in [0.2, 0.25) is 0 Å². The molecule has 0 spiro atoms. The molecule has 0 saturated carbocycles. The summed E-state index contributed by atoms with van der Waals surface area (Å²) in [5, 5.41) is 2.00. The van der Waals surface area contributed by atoms with Crippen LogP contribution in [-0.2, 0) is 14.3 Å². The number of nitrogens with zero attached hydrogens (tertiary/aromatic N) is 2. The number of hydrogen-bond donors (Lipinski definition) is 0. The molecule has 0 radical (unpaired) electrons. The molecule has 2 aliphatic heterocycles. The molecule has 2 heterocycles. The van der Waals surface area contributed by atoms with Gasteiger partial charge in [0.05, 0.1) is 26.4 Å². The fourth-order valence-corrected chi connectivity index (χ4v) is 1.88. The van der Waals surface area contributed by atoms with Crippen molar-refractivity contribution < 1.29 is 14.3 Å². The molecule has 0 amide bonds. The van der Waals surface area contributed by atoms with Crippen molar-refractivity contribution in [3.05, 3.63) is 0 Å². The number of hydrogen-bond acceptors (Lipinski definition) is 5. The SMILES string of the molecule is CC(ON1CCOCC1)N1CCOCC1. The van der Waals surface area contributed by atoms with Crippen LogP contribution in [0.1, 0.15) is 6.92 Å². The first-order valence-corrected chi connectivity index (χ1v) is 5.67. The van der Waals surface area contributed by atoms with E-state index >= 15 is 0 Å². The second-order valence-electron chi connectivity index (χ2n) is 3.89. The number of hydroxylamine groups is 2. The molecule has 5 heteroatoms. The Balaban J connectivity index is 1.72. The third kappa shape index (κ3) is 3.39. The molecule has 15 heavy (non-hydrogen) atoms. The lowest BCUT2D eigenvalue weighted by Gasteiger charge is -2.36.